The van der Waals surface area contributed by atoms with Crippen LogP contribution in [0, 0.1) is 0 Å². The van der Waals surface area contributed by atoms with Crippen LogP contribution >= 0.6 is 43.5 Å². The summed E-state index contributed by atoms with van der Waals surface area (Å²) in [5.74, 6) is 0.584. The minimum Gasteiger partial charge on any atom is -0.506 e. The molecule has 116 valence electrons. The van der Waals surface area contributed by atoms with E-state index in [-0.39, 0.29) is 5.75 Å². The van der Waals surface area contributed by atoms with E-state index in [0.29, 0.717) is 21.0 Å². The van der Waals surface area contributed by atoms with Crippen LogP contribution in [0.2, 0.25) is 5.15 Å². The fourth-order valence-corrected chi connectivity index (χ4v) is 3.46. The number of phenols is 1. The molecule has 0 aliphatic carbocycles. The number of halogens is 3. The summed E-state index contributed by atoms with van der Waals surface area (Å²) >= 11 is 12.7. The molecule has 5 nitrogen and oxygen atoms in total. The maximum atomic E-state index is 10.00. The number of phenolic OH excluding ortho intramolecular Hbond substituents is 1. The molecule has 0 bridgehead atoms. The third-order valence-corrected chi connectivity index (χ3v) is 4.42. The summed E-state index contributed by atoms with van der Waals surface area (Å²) in [6.45, 7) is 0. The molecule has 3 aromatic rings. The molecule has 1 aromatic heterocycles. The van der Waals surface area contributed by atoms with Gasteiger partial charge in [0.1, 0.15) is 5.75 Å². The van der Waals surface area contributed by atoms with Gasteiger partial charge in [0.05, 0.1) is 10.7 Å². The standard InChI is InChI=1S/C15H9Br2ClN4O/c16-9-5-8(13(23)12(17)6-9)7-19-21-15-11-4-2-1-3-10(11)14(18)20-22-15/h1-7,23H,(H,21,22)/b19-7+. The molecule has 0 amide bonds. The summed E-state index contributed by atoms with van der Waals surface area (Å²) < 4.78 is 1.39. The molecular weight excluding hydrogens is 447 g/mol. The Morgan fingerprint density at radius 1 is 1.13 bits per heavy atom. The number of hydrazone groups is 1. The average Bonchev–Trinajstić information content (AvgIpc) is 2.54. The van der Waals surface area contributed by atoms with Gasteiger partial charge in [-0.1, -0.05) is 51.8 Å². The average molecular weight is 457 g/mol. The predicted octanol–water partition coefficient (Wildman–Crippen LogP) is 4.96. The molecule has 0 atom stereocenters. The minimum absolute atomic E-state index is 0.103. The molecular formula is C15H9Br2ClN4O. The normalized spacial score (nSPS) is 11.3. The molecule has 8 heteroatoms. The van der Waals surface area contributed by atoms with Gasteiger partial charge in [-0.25, -0.2) is 0 Å². The van der Waals surface area contributed by atoms with E-state index in [0.717, 1.165) is 15.2 Å². The van der Waals surface area contributed by atoms with Crippen LogP contribution in [0.5, 0.6) is 5.75 Å². The summed E-state index contributed by atoms with van der Waals surface area (Å²) in [6, 6.07) is 11.0. The van der Waals surface area contributed by atoms with Crippen LogP contribution in [0.1, 0.15) is 5.56 Å². The van der Waals surface area contributed by atoms with Gasteiger partial charge < -0.3 is 5.11 Å². The number of nitrogens with zero attached hydrogens (tertiary/aromatic N) is 3. The maximum Gasteiger partial charge on any atom is 0.176 e. The maximum absolute atomic E-state index is 10.00. The van der Waals surface area contributed by atoms with Crippen LogP contribution in [0.25, 0.3) is 10.8 Å². The number of aromatic nitrogens is 2. The second kappa shape index (κ2) is 6.82. The highest BCUT2D eigenvalue weighted by Crippen LogP contribution is 2.31. The van der Waals surface area contributed by atoms with Gasteiger partial charge in [-0.15, -0.1) is 10.2 Å². The number of benzene rings is 2. The van der Waals surface area contributed by atoms with E-state index in [9.17, 15) is 5.11 Å². The lowest BCUT2D eigenvalue weighted by molar-refractivity contribution is 0.471. The second-order valence-electron chi connectivity index (χ2n) is 4.58. The molecule has 0 saturated heterocycles. The zero-order chi connectivity index (χ0) is 16.4. The summed E-state index contributed by atoms with van der Waals surface area (Å²) in [5, 5.41) is 23.9. The molecule has 2 N–H and O–H groups in total. The SMILES string of the molecule is Oc1c(Br)cc(Br)cc1/C=N/Nc1nnc(Cl)c2ccccc12. The molecule has 0 fully saturated rings. The van der Waals surface area contributed by atoms with Crippen molar-refractivity contribution in [1.82, 2.24) is 10.2 Å². The molecule has 0 saturated carbocycles. The monoisotopic (exact) mass is 454 g/mol. The number of rotatable bonds is 3. The van der Waals surface area contributed by atoms with E-state index >= 15 is 0 Å². The Kier molecular flexibility index (Phi) is 4.79. The molecule has 0 aliphatic heterocycles. The molecule has 0 radical (unpaired) electrons. The lowest BCUT2D eigenvalue weighted by atomic mass is 10.2. The molecule has 1 heterocycles. The number of aromatic hydroxyl groups is 1. The Labute approximate surface area is 153 Å². The summed E-state index contributed by atoms with van der Waals surface area (Å²) in [5.41, 5.74) is 3.37. The van der Waals surface area contributed by atoms with E-state index in [1.165, 1.54) is 6.21 Å². The number of hydrogen-bond acceptors (Lipinski definition) is 5. The summed E-state index contributed by atoms with van der Waals surface area (Å²) in [7, 11) is 0. The Hall–Kier alpha value is -1.70. The van der Waals surface area contributed by atoms with Gasteiger partial charge in [0.25, 0.3) is 0 Å². The first-order valence-corrected chi connectivity index (χ1v) is 8.40. The zero-order valence-electron chi connectivity index (χ0n) is 11.5. The van der Waals surface area contributed by atoms with Crippen LogP contribution in [0.3, 0.4) is 0 Å². The van der Waals surface area contributed by atoms with Gasteiger partial charge in [0.2, 0.25) is 0 Å². The molecule has 3 rings (SSSR count). The minimum atomic E-state index is 0.103. The quantitative estimate of drug-likeness (QED) is 0.432. The molecule has 2 aromatic carbocycles. The van der Waals surface area contributed by atoms with Crippen LogP contribution in [0.15, 0.2) is 50.4 Å². The number of fused-ring (bicyclic) bond motifs is 1. The van der Waals surface area contributed by atoms with E-state index < -0.39 is 0 Å². The highest BCUT2D eigenvalue weighted by atomic mass is 79.9. The highest BCUT2D eigenvalue weighted by Gasteiger charge is 2.07. The lowest BCUT2D eigenvalue weighted by Gasteiger charge is -2.05. The van der Waals surface area contributed by atoms with Crippen molar-refractivity contribution < 1.29 is 5.11 Å². The number of hydrogen-bond donors (Lipinski definition) is 2. The topological polar surface area (TPSA) is 70.4 Å². The van der Waals surface area contributed by atoms with Crippen LogP contribution in [0.4, 0.5) is 5.82 Å². The van der Waals surface area contributed by atoms with E-state index in [4.69, 9.17) is 11.6 Å². The molecule has 23 heavy (non-hydrogen) atoms. The third kappa shape index (κ3) is 3.46. The van der Waals surface area contributed by atoms with Crippen LogP contribution in [-0.4, -0.2) is 21.5 Å². The van der Waals surface area contributed by atoms with Gasteiger partial charge in [-0.2, -0.15) is 5.10 Å². The smallest absolute Gasteiger partial charge is 0.176 e. The van der Waals surface area contributed by atoms with E-state index in [2.05, 4.69) is 52.6 Å². The molecule has 0 aliphatic rings. The van der Waals surface area contributed by atoms with Gasteiger partial charge in [0.15, 0.2) is 11.0 Å². The summed E-state index contributed by atoms with van der Waals surface area (Å²) in [6.07, 6.45) is 1.50. The first-order chi connectivity index (χ1) is 11.1. The fourth-order valence-electron chi connectivity index (χ4n) is 2.00. The van der Waals surface area contributed by atoms with E-state index in [1.54, 1.807) is 12.1 Å². The van der Waals surface area contributed by atoms with Crippen molar-refractivity contribution in [2.24, 2.45) is 5.10 Å². The molecule has 0 spiro atoms. The Morgan fingerprint density at radius 2 is 1.87 bits per heavy atom. The van der Waals surface area contributed by atoms with Crippen molar-refractivity contribution in [3.8, 4) is 5.75 Å². The van der Waals surface area contributed by atoms with Crippen molar-refractivity contribution in [2.45, 2.75) is 0 Å². The van der Waals surface area contributed by atoms with E-state index in [1.807, 2.05) is 24.3 Å². The first kappa shape index (κ1) is 16.2. The van der Waals surface area contributed by atoms with Gasteiger partial charge in [-0.05, 0) is 28.1 Å². The Bertz CT molecular complexity index is 917. The first-order valence-electron chi connectivity index (χ1n) is 6.44. The third-order valence-electron chi connectivity index (χ3n) is 3.07. The van der Waals surface area contributed by atoms with Crippen molar-refractivity contribution >= 4 is 66.3 Å². The lowest BCUT2D eigenvalue weighted by Crippen LogP contribution is -1.97. The number of nitrogens with one attached hydrogen (secondary N) is 1. The van der Waals surface area contributed by atoms with Gasteiger partial charge in [-0.3, -0.25) is 5.43 Å². The zero-order valence-corrected chi connectivity index (χ0v) is 15.4. The van der Waals surface area contributed by atoms with Crippen molar-refractivity contribution in [3.63, 3.8) is 0 Å². The van der Waals surface area contributed by atoms with Crippen molar-refractivity contribution in [2.75, 3.05) is 5.43 Å². The van der Waals surface area contributed by atoms with Gasteiger partial charge >= 0.3 is 0 Å². The highest BCUT2D eigenvalue weighted by molar-refractivity contribution is 9.11. The van der Waals surface area contributed by atoms with Crippen molar-refractivity contribution in [1.29, 1.82) is 0 Å². The largest absolute Gasteiger partial charge is 0.506 e. The van der Waals surface area contributed by atoms with Crippen LogP contribution < -0.4 is 5.43 Å². The Balaban J connectivity index is 1.91. The number of anilines is 1. The van der Waals surface area contributed by atoms with Crippen molar-refractivity contribution in [3.05, 3.63) is 56.1 Å². The summed E-state index contributed by atoms with van der Waals surface area (Å²) in [4.78, 5) is 0. The molecule has 0 unspecified atom stereocenters. The van der Waals surface area contributed by atoms with Crippen LogP contribution in [-0.2, 0) is 0 Å². The fraction of sp³-hybridized carbons (Fsp3) is 0. The second-order valence-corrected chi connectivity index (χ2v) is 6.71. The predicted molar refractivity (Wildman–Crippen MR) is 99.3 cm³/mol. The van der Waals surface area contributed by atoms with Gasteiger partial charge in [0, 0.05) is 20.8 Å². The Morgan fingerprint density at radius 3 is 2.65 bits per heavy atom.